The van der Waals surface area contributed by atoms with Gasteiger partial charge in [-0.2, -0.15) is 0 Å². The Kier molecular flexibility index (Phi) is 9.69. The van der Waals surface area contributed by atoms with E-state index in [0.29, 0.717) is 13.0 Å². The van der Waals surface area contributed by atoms with E-state index in [1.54, 1.807) is 44.3 Å². The van der Waals surface area contributed by atoms with E-state index in [1.807, 2.05) is 0 Å². The minimum atomic E-state index is -0.900. The zero-order valence-corrected chi connectivity index (χ0v) is 19.5. The van der Waals surface area contributed by atoms with Gasteiger partial charge >= 0.3 is 11.9 Å². The second kappa shape index (κ2) is 11.8. The Hall–Kier alpha value is -1.73. The summed E-state index contributed by atoms with van der Waals surface area (Å²) in [5.74, 6) is 0.612. The number of hydrogen-bond donors (Lipinski definition) is 1. The molecule has 3 unspecified atom stereocenters. The molecule has 31 heavy (non-hydrogen) atoms. The summed E-state index contributed by atoms with van der Waals surface area (Å²) in [6.45, 7) is 5.42. The number of carbonyl (C=O) groups is 3. The SMILES string of the molecule is CCOC(=O)C(C)NC(C)C(=O)N1CC2(CC1C(=O)OCCCO[N+](=O)[O-])SCCS2. The zero-order chi connectivity index (χ0) is 23.0. The third-order valence-corrected chi connectivity index (χ3v) is 8.33. The topological polar surface area (TPSA) is 137 Å². The third-order valence-electron chi connectivity index (χ3n) is 4.90. The normalized spacial score (nSPS) is 21.5. The van der Waals surface area contributed by atoms with Gasteiger partial charge in [-0.3, -0.25) is 14.9 Å². The Labute approximate surface area is 189 Å². The molecule has 2 heterocycles. The highest BCUT2D eigenvalue weighted by Crippen LogP contribution is 2.52. The van der Waals surface area contributed by atoms with E-state index < -0.39 is 35.2 Å². The lowest BCUT2D eigenvalue weighted by Gasteiger charge is -2.28. The molecule has 0 saturated carbocycles. The number of carbonyl (C=O) groups excluding carboxylic acids is 3. The largest absolute Gasteiger partial charge is 0.465 e. The van der Waals surface area contributed by atoms with Crippen LogP contribution < -0.4 is 5.32 Å². The Balaban J connectivity index is 1.99. The molecular formula is C18H29N3O8S2. The van der Waals surface area contributed by atoms with E-state index >= 15 is 0 Å². The highest BCUT2D eigenvalue weighted by molar-refractivity contribution is 8.21. The van der Waals surface area contributed by atoms with Gasteiger partial charge < -0.3 is 19.2 Å². The second-order valence-electron chi connectivity index (χ2n) is 7.23. The van der Waals surface area contributed by atoms with E-state index in [0.717, 1.165) is 11.5 Å². The summed E-state index contributed by atoms with van der Waals surface area (Å²) in [5, 5.41) is 12.2. The van der Waals surface area contributed by atoms with Crippen LogP contribution in [0.3, 0.4) is 0 Å². The summed E-state index contributed by atoms with van der Waals surface area (Å²) < 4.78 is 9.99. The molecule has 0 aromatic heterocycles. The van der Waals surface area contributed by atoms with Crippen molar-refractivity contribution >= 4 is 41.4 Å². The Morgan fingerprint density at radius 2 is 1.87 bits per heavy atom. The van der Waals surface area contributed by atoms with Gasteiger partial charge in [0.15, 0.2) is 0 Å². The molecule has 0 radical (unpaired) electrons. The first-order chi connectivity index (χ1) is 14.7. The molecule has 0 bridgehead atoms. The van der Waals surface area contributed by atoms with Crippen LogP contribution >= 0.6 is 23.5 Å². The first-order valence-corrected chi connectivity index (χ1v) is 12.1. The van der Waals surface area contributed by atoms with Crippen LogP contribution in [0.5, 0.6) is 0 Å². The Morgan fingerprint density at radius 1 is 1.19 bits per heavy atom. The predicted octanol–water partition coefficient (Wildman–Crippen LogP) is 0.835. The highest BCUT2D eigenvalue weighted by atomic mass is 32.2. The van der Waals surface area contributed by atoms with Gasteiger partial charge in [-0.15, -0.1) is 33.6 Å². The van der Waals surface area contributed by atoms with E-state index in [-0.39, 0.29) is 36.2 Å². The van der Waals surface area contributed by atoms with E-state index in [4.69, 9.17) is 9.47 Å². The molecule has 1 amide bonds. The molecule has 0 aromatic rings. The summed E-state index contributed by atoms with van der Waals surface area (Å²) >= 11 is 3.48. The van der Waals surface area contributed by atoms with Crippen molar-refractivity contribution in [2.45, 2.75) is 55.8 Å². The number of ether oxygens (including phenoxy) is 2. The van der Waals surface area contributed by atoms with Gasteiger partial charge in [-0.05, 0) is 20.8 Å². The van der Waals surface area contributed by atoms with Crippen molar-refractivity contribution < 1.29 is 33.8 Å². The lowest BCUT2D eigenvalue weighted by Crippen LogP contribution is -2.53. The molecule has 1 N–H and O–H groups in total. The lowest BCUT2D eigenvalue weighted by atomic mass is 10.2. The molecule has 11 nitrogen and oxygen atoms in total. The van der Waals surface area contributed by atoms with Crippen molar-refractivity contribution in [3.05, 3.63) is 10.1 Å². The quantitative estimate of drug-likeness (QED) is 0.195. The fourth-order valence-electron chi connectivity index (χ4n) is 3.48. The number of nitrogens with zero attached hydrogens (tertiary/aromatic N) is 2. The predicted molar refractivity (Wildman–Crippen MR) is 115 cm³/mol. The first-order valence-electron chi connectivity index (χ1n) is 10.1. The summed E-state index contributed by atoms with van der Waals surface area (Å²) in [7, 11) is 0. The smallest absolute Gasteiger partial charge is 0.328 e. The molecule has 2 rings (SSSR count). The van der Waals surface area contributed by atoms with E-state index in [2.05, 4.69) is 10.2 Å². The summed E-state index contributed by atoms with van der Waals surface area (Å²) in [4.78, 5) is 53.7. The van der Waals surface area contributed by atoms with Crippen LogP contribution in [0.15, 0.2) is 0 Å². The van der Waals surface area contributed by atoms with Gasteiger partial charge in [-0.25, -0.2) is 4.79 Å². The Bertz CT molecular complexity index is 674. The van der Waals surface area contributed by atoms with Gasteiger partial charge in [0, 0.05) is 30.9 Å². The number of hydrogen-bond acceptors (Lipinski definition) is 11. The van der Waals surface area contributed by atoms with Crippen molar-refractivity contribution in [3.63, 3.8) is 0 Å². The number of rotatable bonds is 11. The number of esters is 2. The lowest BCUT2D eigenvalue weighted by molar-refractivity contribution is -0.757. The van der Waals surface area contributed by atoms with Crippen LogP contribution in [-0.4, -0.2) is 87.9 Å². The van der Waals surface area contributed by atoms with Crippen LogP contribution in [0, 0.1) is 10.1 Å². The third kappa shape index (κ3) is 7.14. The fraction of sp³-hybridized carbons (Fsp3) is 0.833. The van der Waals surface area contributed by atoms with Crippen molar-refractivity contribution in [2.75, 3.05) is 37.9 Å². The molecule has 2 aliphatic heterocycles. The first kappa shape index (κ1) is 25.5. The maximum Gasteiger partial charge on any atom is 0.328 e. The minimum absolute atomic E-state index is 0.0355. The maximum atomic E-state index is 13.2. The molecule has 176 valence electrons. The van der Waals surface area contributed by atoms with Gasteiger partial charge in [-0.1, -0.05) is 0 Å². The van der Waals surface area contributed by atoms with E-state index in [9.17, 15) is 24.5 Å². The molecule has 2 fully saturated rings. The van der Waals surface area contributed by atoms with Crippen LogP contribution in [0.25, 0.3) is 0 Å². The minimum Gasteiger partial charge on any atom is -0.465 e. The molecular weight excluding hydrogens is 450 g/mol. The van der Waals surface area contributed by atoms with Gasteiger partial charge in [0.05, 0.1) is 29.9 Å². The number of likely N-dealkylation sites (tertiary alicyclic amines) is 1. The average molecular weight is 480 g/mol. The van der Waals surface area contributed by atoms with Crippen LogP contribution in [0.2, 0.25) is 0 Å². The maximum absolute atomic E-state index is 13.2. The highest BCUT2D eigenvalue weighted by Gasteiger charge is 2.52. The Morgan fingerprint density at radius 3 is 2.48 bits per heavy atom. The molecule has 0 aromatic carbocycles. The monoisotopic (exact) mass is 479 g/mol. The average Bonchev–Trinajstić information content (AvgIpc) is 3.34. The summed E-state index contributed by atoms with van der Waals surface area (Å²) in [6, 6.07) is -2.11. The fourth-order valence-corrected chi connectivity index (χ4v) is 6.74. The summed E-state index contributed by atoms with van der Waals surface area (Å²) in [5.41, 5.74) is 0. The van der Waals surface area contributed by atoms with Crippen molar-refractivity contribution in [1.82, 2.24) is 10.2 Å². The molecule has 1 spiro atoms. The number of nitrogens with one attached hydrogen (secondary N) is 1. The van der Waals surface area contributed by atoms with Crippen LogP contribution in [-0.2, 0) is 28.7 Å². The van der Waals surface area contributed by atoms with Crippen LogP contribution in [0.4, 0.5) is 0 Å². The molecule has 0 aliphatic carbocycles. The van der Waals surface area contributed by atoms with Crippen molar-refractivity contribution in [1.29, 1.82) is 0 Å². The number of amides is 1. The second-order valence-corrected chi connectivity index (χ2v) is 10.4. The molecule has 3 atom stereocenters. The molecule has 2 saturated heterocycles. The standard InChI is InChI=1S/C18H29N3O8S2/c1-4-27-16(23)13(3)19-12(2)15(22)20-11-18(30-8-9-31-18)10-14(20)17(24)28-6-5-7-29-21(25)26/h12-14,19H,4-11H2,1-3H3. The van der Waals surface area contributed by atoms with Crippen molar-refractivity contribution in [3.8, 4) is 0 Å². The number of thioether (sulfide) groups is 2. The van der Waals surface area contributed by atoms with Crippen LogP contribution in [0.1, 0.15) is 33.6 Å². The zero-order valence-electron chi connectivity index (χ0n) is 17.9. The van der Waals surface area contributed by atoms with Gasteiger partial charge in [0.25, 0.3) is 5.09 Å². The van der Waals surface area contributed by atoms with Gasteiger partial charge in [0.2, 0.25) is 5.91 Å². The summed E-state index contributed by atoms with van der Waals surface area (Å²) in [6.07, 6.45) is 0.648. The van der Waals surface area contributed by atoms with E-state index in [1.165, 1.54) is 4.90 Å². The van der Waals surface area contributed by atoms with Gasteiger partial charge in [0.1, 0.15) is 12.1 Å². The van der Waals surface area contributed by atoms with Crippen molar-refractivity contribution in [2.24, 2.45) is 0 Å². The molecule has 13 heteroatoms. The molecule has 2 aliphatic rings.